The summed E-state index contributed by atoms with van der Waals surface area (Å²) >= 11 is 5.19. The zero-order chi connectivity index (χ0) is 8.57. The number of hydrogen-bond donors (Lipinski definition) is 4. The molecule has 0 unspecified atom stereocenters. The average Bonchev–Trinajstić information content (AvgIpc) is 1.89. The zero-order valence-electron chi connectivity index (χ0n) is 8.61. The smallest absolute Gasteiger partial charge is 0.243 e. The van der Waals surface area contributed by atoms with Crippen LogP contribution in [0.3, 0.4) is 0 Å². The van der Waals surface area contributed by atoms with Crippen LogP contribution in [-0.2, 0) is 4.79 Å². The molecule has 0 heterocycles. The Bertz CT molecular complexity index is 105. The van der Waals surface area contributed by atoms with E-state index in [0.29, 0.717) is 5.57 Å². The van der Waals surface area contributed by atoms with E-state index in [9.17, 15) is 4.79 Å². The molecule has 0 rings (SSSR count). The van der Waals surface area contributed by atoms with E-state index in [4.69, 9.17) is 17.3 Å². The van der Waals surface area contributed by atoms with Gasteiger partial charge >= 0.3 is 0 Å². The Hall–Kier alpha value is -0.620. The first-order valence-corrected chi connectivity index (χ1v) is 3.61. The summed E-state index contributed by atoms with van der Waals surface area (Å²) in [5.74, 6) is 0.356. The quantitative estimate of drug-likeness (QED) is 0.412. The molecule has 0 bridgehead atoms. The van der Waals surface area contributed by atoms with E-state index in [0.717, 1.165) is 12.3 Å². The van der Waals surface area contributed by atoms with Gasteiger partial charge in [0, 0.05) is 11.5 Å². The Kier molecular flexibility index (Phi) is 51.0. The molecule has 5 nitrogen and oxygen atoms in total. The number of primary amides is 1. The summed E-state index contributed by atoms with van der Waals surface area (Å²) < 4.78 is 0. The number of nitrogens with two attached hydrogens (primary N) is 1. The van der Waals surface area contributed by atoms with Gasteiger partial charge in [0.15, 0.2) is 0 Å². The molecule has 0 radical (unpaired) electrons. The maximum absolute atomic E-state index is 9.82. The molecule has 84 valence electrons. The van der Waals surface area contributed by atoms with Gasteiger partial charge in [0.25, 0.3) is 0 Å². The third-order valence-corrected chi connectivity index (χ3v) is 0.988. The lowest BCUT2D eigenvalue weighted by Gasteiger charge is -1.81. The van der Waals surface area contributed by atoms with Crippen LogP contribution in [0.2, 0.25) is 0 Å². The van der Waals surface area contributed by atoms with Gasteiger partial charge in [0.1, 0.15) is 0 Å². The lowest BCUT2D eigenvalue weighted by Crippen LogP contribution is -2.10. The van der Waals surface area contributed by atoms with E-state index in [1.165, 1.54) is 0 Å². The Morgan fingerprint density at radius 2 is 1.54 bits per heavy atom. The van der Waals surface area contributed by atoms with E-state index in [2.05, 4.69) is 6.58 Å². The highest BCUT2D eigenvalue weighted by molar-refractivity contribution is 6.17. The summed E-state index contributed by atoms with van der Waals surface area (Å²) in [6, 6.07) is 0. The molecule has 0 aromatic heterocycles. The molecule has 6 heteroatoms. The number of amides is 1. The van der Waals surface area contributed by atoms with Crippen LogP contribution in [0, 0.1) is 0 Å². The molecule has 0 atom stereocenters. The van der Waals surface area contributed by atoms with Crippen molar-refractivity contribution in [1.82, 2.24) is 18.5 Å². The molecule has 11 N–H and O–H groups in total. The first-order valence-electron chi connectivity index (χ1n) is 3.07. The predicted molar refractivity (Wildman–Crippen MR) is 60.1 cm³/mol. The minimum Gasteiger partial charge on any atom is -0.366 e. The second-order valence-corrected chi connectivity index (χ2v) is 2.21. The van der Waals surface area contributed by atoms with Crippen molar-refractivity contribution in [2.75, 3.05) is 5.88 Å². The summed E-state index contributed by atoms with van der Waals surface area (Å²) in [4.78, 5) is 9.82. The largest absolute Gasteiger partial charge is 0.366 e. The fraction of sp³-hybridized carbons (Fsp3) is 0.571. The molecule has 0 aliphatic rings. The van der Waals surface area contributed by atoms with Crippen molar-refractivity contribution < 1.29 is 4.79 Å². The highest BCUT2D eigenvalue weighted by Gasteiger charge is 1.86. The number of carbonyl (C=O) groups is 1. The number of rotatable bonds is 2. The molecule has 0 fully saturated rings. The van der Waals surface area contributed by atoms with Crippen molar-refractivity contribution >= 4 is 17.5 Å². The fourth-order valence-electron chi connectivity index (χ4n) is 0. The SMILES string of the molecule is C=C(C)C(N)=O.CCCCl.N.N.N. The predicted octanol–water partition coefficient (Wildman–Crippen LogP) is 2.17. The highest BCUT2D eigenvalue weighted by atomic mass is 35.5. The van der Waals surface area contributed by atoms with Gasteiger partial charge in [-0.05, 0) is 13.3 Å². The van der Waals surface area contributed by atoms with E-state index >= 15 is 0 Å². The van der Waals surface area contributed by atoms with Gasteiger partial charge in [0.05, 0.1) is 0 Å². The third kappa shape index (κ3) is 52.2. The van der Waals surface area contributed by atoms with E-state index in [1.54, 1.807) is 6.92 Å². The molecular formula is C7H23ClN4O. The highest BCUT2D eigenvalue weighted by Crippen LogP contribution is 1.78. The molecule has 0 saturated carbocycles. The summed E-state index contributed by atoms with van der Waals surface area (Å²) in [7, 11) is 0. The Balaban J connectivity index is -0.0000000279. The Labute approximate surface area is 85.5 Å². The molecule has 13 heavy (non-hydrogen) atoms. The van der Waals surface area contributed by atoms with Crippen LogP contribution >= 0.6 is 11.6 Å². The molecule has 0 aliphatic carbocycles. The first kappa shape index (κ1) is 29.4. The number of halogens is 1. The van der Waals surface area contributed by atoms with E-state index in [1.807, 2.05) is 6.92 Å². The van der Waals surface area contributed by atoms with E-state index in [-0.39, 0.29) is 18.5 Å². The van der Waals surface area contributed by atoms with Gasteiger partial charge in [-0.1, -0.05) is 13.5 Å². The maximum Gasteiger partial charge on any atom is 0.243 e. The average molecular weight is 215 g/mol. The van der Waals surface area contributed by atoms with E-state index < -0.39 is 5.91 Å². The van der Waals surface area contributed by atoms with Gasteiger partial charge in [-0.15, -0.1) is 11.6 Å². The topological polar surface area (TPSA) is 148 Å². The van der Waals surface area contributed by atoms with Gasteiger partial charge < -0.3 is 24.2 Å². The minimum absolute atomic E-state index is 0. The van der Waals surface area contributed by atoms with Crippen molar-refractivity contribution in [3.05, 3.63) is 12.2 Å². The Morgan fingerprint density at radius 3 is 1.54 bits per heavy atom. The van der Waals surface area contributed by atoms with Gasteiger partial charge in [-0.25, -0.2) is 0 Å². The monoisotopic (exact) mass is 214 g/mol. The second-order valence-electron chi connectivity index (χ2n) is 1.83. The first-order chi connectivity index (χ1) is 4.56. The fourth-order valence-corrected chi connectivity index (χ4v) is 0. The van der Waals surface area contributed by atoms with Crippen molar-refractivity contribution in [2.24, 2.45) is 5.73 Å². The minimum atomic E-state index is -0.435. The van der Waals surface area contributed by atoms with Crippen molar-refractivity contribution in [1.29, 1.82) is 0 Å². The van der Waals surface area contributed by atoms with Gasteiger partial charge in [-0.3, -0.25) is 4.79 Å². The van der Waals surface area contributed by atoms with Crippen molar-refractivity contribution in [3.63, 3.8) is 0 Å². The van der Waals surface area contributed by atoms with Crippen molar-refractivity contribution in [3.8, 4) is 0 Å². The van der Waals surface area contributed by atoms with Crippen LogP contribution in [0.25, 0.3) is 0 Å². The number of alkyl halides is 1. The normalized spacial score (nSPS) is 5.77. The zero-order valence-corrected chi connectivity index (χ0v) is 9.36. The van der Waals surface area contributed by atoms with Crippen LogP contribution in [0.5, 0.6) is 0 Å². The molecule has 0 aliphatic heterocycles. The standard InChI is InChI=1S/C4H7NO.C3H7Cl.3H3N/c1-3(2)4(5)6;1-2-3-4;;;/h1H2,2H3,(H2,5,6);2-3H2,1H3;3*1H3. The summed E-state index contributed by atoms with van der Waals surface area (Å²) in [6.07, 6.45) is 1.08. The summed E-state index contributed by atoms with van der Waals surface area (Å²) in [6.45, 7) is 6.90. The van der Waals surface area contributed by atoms with Crippen LogP contribution in [0.1, 0.15) is 20.3 Å². The molecule has 0 aromatic rings. The van der Waals surface area contributed by atoms with Crippen LogP contribution in [0.15, 0.2) is 12.2 Å². The second kappa shape index (κ2) is 22.5. The molecular weight excluding hydrogens is 192 g/mol. The number of carbonyl (C=O) groups excluding carboxylic acids is 1. The van der Waals surface area contributed by atoms with Gasteiger partial charge in [-0.2, -0.15) is 0 Å². The third-order valence-electron chi connectivity index (χ3n) is 0.610. The molecule has 0 aromatic carbocycles. The van der Waals surface area contributed by atoms with Crippen molar-refractivity contribution in [2.45, 2.75) is 20.3 Å². The summed E-state index contributed by atoms with van der Waals surface area (Å²) in [5.41, 5.74) is 5.09. The lowest BCUT2D eigenvalue weighted by molar-refractivity contribution is -0.114. The number of hydrogen-bond acceptors (Lipinski definition) is 4. The maximum atomic E-state index is 9.82. The summed E-state index contributed by atoms with van der Waals surface area (Å²) in [5, 5.41) is 0. The van der Waals surface area contributed by atoms with Crippen LogP contribution < -0.4 is 24.2 Å². The van der Waals surface area contributed by atoms with Crippen LogP contribution in [0.4, 0.5) is 0 Å². The molecule has 0 spiro atoms. The lowest BCUT2D eigenvalue weighted by atomic mass is 10.3. The van der Waals surface area contributed by atoms with Gasteiger partial charge in [0.2, 0.25) is 5.91 Å². The van der Waals surface area contributed by atoms with Crippen LogP contribution in [-0.4, -0.2) is 11.8 Å². The molecule has 1 amide bonds. The molecule has 0 saturated heterocycles. The Morgan fingerprint density at radius 1 is 1.38 bits per heavy atom.